The summed E-state index contributed by atoms with van der Waals surface area (Å²) in [6.07, 6.45) is -0.307. The van der Waals surface area contributed by atoms with Crippen molar-refractivity contribution in [1.29, 1.82) is 0 Å². The van der Waals surface area contributed by atoms with Crippen LogP contribution in [-0.2, 0) is 22.1 Å². The Kier molecular flexibility index (Phi) is 4.88. The number of aromatic nitrogens is 3. The predicted octanol–water partition coefficient (Wildman–Crippen LogP) is 1.33. The third-order valence-corrected chi connectivity index (χ3v) is 3.70. The summed E-state index contributed by atoms with van der Waals surface area (Å²) >= 11 is 0. The number of nitrogens with zero attached hydrogens (tertiary/aromatic N) is 2. The van der Waals surface area contributed by atoms with Gasteiger partial charge in [0.2, 0.25) is 5.91 Å². The molecule has 2 aromatic heterocycles. The number of ether oxygens (including phenoxy) is 2. The van der Waals surface area contributed by atoms with Crippen molar-refractivity contribution in [3.8, 4) is 5.75 Å². The first-order valence-electron chi connectivity index (χ1n) is 7.46. The zero-order valence-corrected chi connectivity index (χ0v) is 12.9. The van der Waals surface area contributed by atoms with Crippen LogP contribution in [0.4, 0.5) is 13.2 Å². The second kappa shape index (κ2) is 7.09. The Bertz CT molecular complexity index is 721. The van der Waals surface area contributed by atoms with Crippen molar-refractivity contribution in [3.63, 3.8) is 0 Å². The number of hydrogen-bond acceptors (Lipinski definition) is 5. The molecule has 0 aliphatic carbocycles. The summed E-state index contributed by atoms with van der Waals surface area (Å²) in [5, 5.41) is 9.00. The minimum Gasteiger partial charge on any atom is -0.482 e. The van der Waals surface area contributed by atoms with Crippen LogP contribution in [0.3, 0.4) is 0 Å². The van der Waals surface area contributed by atoms with Crippen molar-refractivity contribution in [2.75, 3.05) is 13.2 Å². The van der Waals surface area contributed by atoms with E-state index in [1.54, 1.807) is 6.20 Å². The molecule has 25 heavy (non-hydrogen) atoms. The molecule has 1 aliphatic rings. The molecule has 0 aromatic carbocycles. The molecular weight excluding hydrogens is 341 g/mol. The molecule has 0 saturated carbocycles. The Morgan fingerprint density at radius 1 is 1.40 bits per heavy atom. The first-order chi connectivity index (χ1) is 11.9. The molecule has 0 radical (unpaired) electrons. The van der Waals surface area contributed by atoms with Crippen LogP contribution in [0.5, 0.6) is 5.75 Å². The van der Waals surface area contributed by atoms with Crippen molar-refractivity contribution in [2.45, 2.75) is 24.7 Å². The first kappa shape index (κ1) is 17.2. The van der Waals surface area contributed by atoms with Gasteiger partial charge < -0.3 is 14.8 Å². The fourth-order valence-corrected chi connectivity index (χ4v) is 2.54. The molecule has 2 atom stereocenters. The number of H-pyrrole nitrogens is 1. The average Bonchev–Trinajstić information content (AvgIpc) is 3.20. The highest BCUT2D eigenvalue weighted by molar-refractivity contribution is 5.79. The smallest absolute Gasteiger partial charge is 0.416 e. The molecule has 1 amide bonds. The van der Waals surface area contributed by atoms with Crippen LogP contribution in [0.15, 0.2) is 30.9 Å². The summed E-state index contributed by atoms with van der Waals surface area (Å²) in [5.41, 5.74) is -1.05. The molecular formula is C15H15F3N4O3. The Labute approximate surface area is 140 Å². The Hall–Kier alpha value is -2.62. The highest BCUT2D eigenvalue weighted by Crippen LogP contribution is 2.31. The SMILES string of the molecule is O=C(Cc1cnccc1C(F)(F)F)N[C@H]1COC[C@H]1Oc1cn[nH]c1. The topological polar surface area (TPSA) is 89.1 Å². The lowest BCUT2D eigenvalue weighted by molar-refractivity contribution is -0.138. The summed E-state index contributed by atoms with van der Waals surface area (Å²) < 4.78 is 49.8. The number of rotatable bonds is 5. The maximum absolute atomic E-state index is 13.0. The normalized spacial score (nSPS) is 20.4. The van der Waals surface area contributed by atoms with Crippen molar-refractivity contribution in [1.82, 2.24) is 20.5 Å². The Balaban J connectivity index is 1.63. The van der Waals surface area contributed by atoms with Crippen LogP contribution in [0.1, 0.15) is 11.1 Å². The van der Waals surface area contributed by atoms with E-state index in [0.29, 0.717) is 5.75 Å². The van der Waals surface area contributed by atoms with E-state index in [2.05, 4.69) is 20.5 Å². The van der Waals surface area contributed by atoms with E-state index in [1.807, 2.05) is 0 Å². The monoisotopic (exact) mass is 356 g/mol. The quantitative estimate of drug-likeness (QED) is 0.844. The number of aromatic amines is 1. The molecule has 0 spiro atoms. The molecule has 1 aliphatic heterocycles. The molecule has 0 unspecified atom stereocenters. The number of halogens is 3. The molecule has 1 fully saturated rings. The third-order valence-electron chi connectivity index (χ3n) is 3.70. The van der Waals surface area contributed by atoms with Gasteiger partial charge in [0.05, 0.1) is 43.6 Å². The highest BCUT2D eigenvalue weighted by atomic mass is 19.4. The van der Waals surface area contributed by atoms with E-state index in [4.69, 9.17) is 9.47 Å². The van der Waals surface area contributed by atoms with Gasteiger partial charge in [-0.15, -0.1) is 0 Å². The van der Waals surface area contributed by atoms with Crippen molar-refractivity contribution < 1.29 is 27.4 Å². The summed E-state index contributed by atoms with van der Waals surface area (Å²) in [5.74, 6) is -0.0730. The number of carbonyl (C=O) groups is 1. The molecule has 0 bridgehead atoms. The second-order valence-electron chi connectivity index (χ2n) is 5.51. The van der Waals surface area contributed by atoms with Crippen LogP contribution < -0.4 is 10.1 Å². The molecule has 1 saturated heterocycles. The standard InChI is InChI=1S/C15H15F3N4O3/c16-15(17,18)11-1-2-19-4-9(11)3-14(23)22-12-7-24-8-13(12)25-10-5-20-21-6-10/h1-2,4-6,12-13H,3,7-8H2,(H,20,21)(H,22,23)/t12-,13+/m0/s1. The first-order valence-corrected chi connectivity index (χ1v) is 7.46. The van der Waals surface area contributed by atoms with Crippen LogP contribution in [0.25, 0.3) is 0 Å². The van der Waals surface area contributed by atoms with E-state index >= 15 is 0 Å². The van der Waals surface area contributed by atoms with E-state index < -0.39 is 36.2 Å². The zero-order chi connectivity index (χ0) is 17.9. The number of nitrogens with one attached hydrogen (secondary N) is 2. The molecule has 7 nitrogen and oxygen atoms in total. The number of pyridine rings is 1. The van der Waals surface area contributed by atoms with E-state index in [1.165, 1.54) is 6.20 Å². The van der Waals surface area contributed by atoms with Crippen LogP contribution >= 0.6 is 0 Å². The van der Waals surface area contributed by atoms with E-state index in [0.717, 1.165) is 18.5 Å². The summed E-state index contributed by atoms with van der Waals surface area (Å²) in [6, 6.07) is 0.389. The third kappa shape index (κ3) is 4.27. The number of alkyl halides is 3. The summed E-state index contributed by atoms with van der Waals surface area (Å²) in [4.78, 5) is 15.8. The van der Waals surface area contributed by atoms with Gasteiger partial charge in [0.25, 0.3) is 0 Å². The van der Waals surface area contributed by atoms with Gasteiger partial charge >= 0.3 is 6.18 Å². The summed E-state index contributed by atoms with van der Waals surface area (Å²) in [7, 11) is 0. The molecule has 3 heterocycles. The summed E-state index contributed by atoms with van der Waals surface area (Å²) in [6.45, 7) is 0.476. The van der Waals surface area contributed by atoms with Crippen LogP contribution in [0.2, 0.25) is 0 Å². The van der Waals surface area contributed by atoms with Gasteiger partial charge in [0, 0.05) is 12.4 Å². The van der Waals surface area contributed by atoms with Gasteiger partial charge in [-0.25, -0.2) is 0 Å². The van der Waals surface area contributed by atoms with Crippen molar-refractivity contribution >= 4 is 5.91 Å². The van der Waals surface area contributed by atoms with Crippen LogP contribution in [0, 0.1) is 0 Å². The van der Waals surface area contributed by atoms with Crippen molar-refractivity contribution in [2.24, 2.45) is 0 Å². The maximum Gasteiger partial charge on any atom is 0.416 e. The van der Waals surface area contributed by atoms with Gasteiger partial charge in [0.15, 0.2) is 5.75 Å². The molecule has 3 rings (SSSR count). The largest absolute Gasteiger partial charge is 0.482 e. The average molecular weight is 356 g/mol. The molecule has 10 heteroatoms. The number of amides is 1. The van der Waals surface area contributed by atoms with Gasteiger partial charge in [-0.2, -0.15) is 18.3 Å². The Morgan fingerprint density at radius 3 is 2.96 bits per heavy atom. The van der Waals surface area contributed by atoms with E-state index in [-0.39, 0.29) is 18.8 Å². The van der Waals surface area contributed by atoms with Gasteiger partial charge in [0.1, 0.15) is 6.10 Å². The zero-order valence-electron chi connectivity index (χ0n) is 12.9. The van der Waals surface area contributed by atoms with Crippen molar-refractivity contribution in [3.05, 3.63) is 42.0 Å². The number of hydrogen-bond donors (Lipinski definition) is 2. The maximum atomic E-state index is 13.0. The lowest BCUT2D eigenvalue weighted by Gasteiger charge is -2.20. The lowest BCUT2D eigenvalue weighted by Crippen LogP contribution is -2.45. The fraction of sp³-hybridized carbons (Fsp3) is 0.400. The van der Waals surface area contributed by atoms with Gasteiger partial charge in [-0.05, 0) is 11.6 Å². The van der Waals surface area contributed by atoms with Crippen LogP contribution in [-0.4, -0.2) is 46.4 Å². The molecule has 2 N–H and O–H groups in total. The molecule has 134 valence electrons. The minimum atomic E-state index is -4.54. The van der Waals surface area contributed by atoms with E-state index in [9.17, 15) is 18.0 Å². The van der Waals surface area contributed by atoms with Gasteiger partial charge in [-0.1, -0.05) is 0 Å². The molecule has 2 aromatic rings. The predicted molar refractivity (Wildman–Crippen MR) is 78.7 cm³/mol. The lowest BCUT2D eigenvalue weighted by atomic mass is 10.1. The van der Waals surface area contributed by atoms with Gasteiger partial charge in [-0.3, -0.25) is 14.9 Å². The Morgan fingerprint density at radius 2 is 2.24 bits per heavy atom. The second-order valence-corrected chi connectivity index (χ2v) is 5.51. The minimum absolute atomic E-state index is 0.182. The fourth-order valence-electron chi connectivity index (χ4n) is 2.54. The number of carbonyl (C=O) groups excluding carboxylic acids is 1. The highest BCUT2D eigenvalue weighted by Gasteiger charge is 2.35.